The number of ether oxygens (including phenoxy) is 1. The fraction of sp³-hybridized carbons (Fsp3) is 0.481. The minimum atomic E-state index is -0.338. The topological polar surface area (TPSA) is 58.6 Å². The molecule has 0 saturated carbocycles. The van der Waals surface area contributed by atoms with Gasteiger partial charge in [0.05, 0.1) is 24.6 Å². The van der Waals surface area contributed by atoms with Crippen molar-refractivity contribution in [3.05, 3.63) is 65.2 Å². The molecule has 1 amide bonds. The van der Waals surface area contributed by atoms with Crippen LogP contribution in [-0.4, -0.2) is 31.6 Å². The van der Waals surface area contributed by atoms with E-state index in [4.69, 9.17) is 4.74 Å². The minimum absolute atomic E-state index is 0.00650. The normalized spacial score (nSPS) is 14.8. The monoisotopic (exact) mass is 436 g/mol. The van der Waals surface area contributed by atoms with Gasteiger partial charge < -0.3 is 15.0 Å². The van der Waals surface area contributed by atoms with Crippen LogP contribution in [0.4, 0.5) is 5.69 Å². The summed E-state index contributed by atoms with van der Waals surface area (Å²) in [4.78, 5) is 27.3. The van der Waals surface area contributed by atoms with E-state index in [0.29, 0.717) is 18.1 Å². The Balaban J connectivity index is 1.72. The van der Waals surface area contributed by atoms with Crippen molar-refractivity contribution in [2.45, 2.75) is 58.9 Å². The van der Waals surface area contributed by atoms with Gasteiger partial charge in [-0.15, -0.1) is 0 Å². The fourth-order valence-corrected chi connectivity index (χ4v) is 4.34. The molecule has 0 radical (unpaired) electrons. The second kappa shape index (κ2) is 11.7. The molecule has 1 aliphatic heterocycles. The van der Waals surface area contributed by atoms with Crippen molar-refractivity contribution in [1.29, 1.82) is 0 Å². The molecule has 1 aliphatic rings. The molecule has 1 saturated heterocycles. The van der Waals surface area contributed by atoms with E-state index in [1.165, 1.54) is 30.5 Å². The highest BCUT2D eigenvalue weighted by atomic mass is 16.5. The van der Waals surface area contributed by atoms with E-state index < -0.39 is 0 Å². The molecule has 172 valence electrons. The summed E-state index contributed by atoms with van der Waals surface area (Å²) in [5.41, 5.74) is 3.83. The predicted molar refractivity (Wildman–Crippen MR) is 129 cm³/mol. The molecule has 32 heavy (non-hydrogen) atoms. The fourth-order valence-electron chi connectivity index (χ4n) is 4.34. The number of para-hydroxylation sites is 1. The first kappa shape index (κ1) is 23.8. The number of amides is 1. The minimum Gasteiger partial charge on any atom is -0.462 e. The van der Waals surface area contributed by atoms with Gasteiger partial charge in [0.2, 0.25) is 5.91 Å². The molecule has 2 aromatic carbocycles. The van der Waals surface area contributed by atoms with Gasteiger partial charge >= 0.3 is 5.97 Å². The maximum Gasteiger partial charge on any atom is 0.338 e. The average molecular weight is 437 g/mol. The highest BCUT2D eigenvalue weighted by molar-refractivity contribution is 5.89. The van der Waals surface area contributed by atoms with Crippen LogP contribution in [0.25, 0.3) is 0 Å². The zero-order valence-corrected chi connectivity index (χ0v) is 19.6. The third kappa shape index (κ3) is 6.59. The summed E-state index contributed by atoms with van der Waals surface area (Å²) in [5.74, 6) is 0.112. The summed E-state index contributed by atoms with van der Waals surface area (Å²) in [6.45, 7) is 8.67. The van der Waals surface area contributed by atoms with E-state index in [1.54, 1.807) is 19.1 Å². The number of benzene rings is 2. The van der Waals surface area contributed by atoms with Crippen LogP contribution in [0.3, 0.4) is 0 Å². The zero-order chi connectivity index (χ0) is 22.9. The van der Waals surface area contributed by atoms with Crippen LogP contribution in [0.2, 0.25) is 0 Å². The highest BCUT2D eigenvalue weighted by Gasteiger charge is 2.22. The second-order valence-corrected chi connectivity index (χ2v) is 8.95. The Morgan fingerprint density at radius 2 is 1.69 bits per heavy atom. The van der Waals surface area contributed by atoms with Crippen LogP contribution >= 0.6 is 0 Å². The van der Waals surface area contributed by atoms with Gasteiger partial charge in [-0.2, -0.15) is 0 Å². The Labute approximate surface area is 192 Å². The molecule has 1 unspecified atom stereocenters. The van der Waals surface area contributed by atoms with Crippen molar-refractivity contribution < 1.29 is 14.3 Å². The Morgan fingerprint density at radius 3 is 2.34 bits per heavy atom. The molecule has 1 atom stereocenters. The van der Waals surface area contributed by atoms with Crippen LogP contribution in [0, 0.1) is 5.92 Å². The number of nitrogens with zero attached hydrogens (tertiary/aromatic N) is 1. The highest BCUT2D eigenvalue weighted by Crippen LogP contribution is 2.32. The molecule has 3 rings (SSSR count). The van der Waals surface area contributed by atoms with Crippen LogP contribution in [0.5, 0.6) is 0 Å². The maximum absolute atomic E-state index is 13.0. The molecular formula is C27H36N2O3. The third-order valence-electron chi connectivity index (χ3n) is 5.88. The Kier molecular flexibility index (Phi) is 8.72. The number of rotatable bonds is 9. The summed E-state index contributed by atoms with van der Waals surface area (Å²) in [6.07, 6.45) is 4.90. The number of piperidine rings is 1. The zero-order valence-electron chi connectivity index (χ0n) is 19.6. The lowest BCUT2D eigenvalue weighted by Gasteiger charge is -2.33. The number of anilines is 1. The lowest BCUT2D eigenvalue weighted by molar-refractivity contribution is -0.121. The molecule has 5 heteroatoms. The number of hydrogen-bond donors (Lipinski definition) is 1. The van der Waals surface area contributed by atoms with E-state index in [-0.39, 0.29) is 24.3 Å². The smallest absolute Gasteiger partial charge is 0.338 e. The van der Waals surface area contributed by atoms with Crippen LogP contribution in [-0.2, 0) is 16.0 Å². The van der Waals surface area contributed by atoms with Crippen LogP contribution in [0.15, 0.2) is 48.5 Å². The quantitative estimate of drug-likeness (QED) is 0.542. The third-order valence-corrected chi connectivity index (χ3v) is 5.88. The molecule has 1 N–H and O–H groups in total. The molecule has 0 aliphatic carbocycles. The van der Waals surface area contributed by atoms with E-state index in [1.807, 2.05) is 12.1 Å². The molecule has 0 aromatic heterocycles. The first-order valence-corrected chi connectivity index (χ1v) is 11.9. The van der Waals surface area contributed by atoms with Gasteiger partial charge in [-0.05, 0) is 67.9 Å². The molecule has 1 heterocycles. The number of nitrogens with one attached hydrogen (secondary N) is 1. The summed E-state index contributed by atoms with van der Waals surface area (Å²) in [6, 6.07) is 15.6. The number of esters is 1. The van der Waals surface area contributed by atoms with Gasteiger partial charge in [-0.3, -0.25) is 4.79 Å². The van der Waals surface area contributed by atoms with Gasteiger partial charge in [0.1, 0.15) is 0 Å². The van der Waals surface area contributed by atoms with Gasteiger partial charge in [0.15, 0.2) is 0 Å². The summed E-state index contributed by atoms with van der Waals surface area (Å²) < 4.78 is 5.03. The molecule has 0 spiro atoms. The van der Waals surface area contributed by atoms with Gasteiger partial charge in [0, 0.05) is 18.8 Å². The van der Waals surface area contributed by atoms with Crippen molar-refractivity contribution in [2.75, 3.05) is 24.6 Å². The second-order valence-electron chi connectivity index (χ2n) is 8.95. The predicted octanol–water partition coefficient (Wildman–Crippen LogP) is 5.30. The van der Waals surface area contributed by atoms with Crippen molar-refractivity contribution in [1.82, 2.24) is 5.32 Å². The lowest BCUT2D eigenvalue weighted by atomic mass is 9.94. The molecule has 0 bridgehead atoms. The van der Waals surface area contributed by atoms with Gasteiger partial charge in [-0.25, -0.2) is 4.79 Å². The van der Waals surface area contributed by atoms with Crippen molar-refractivity contribution in [2.24, 2.45) is 5.92 Å². The van der Waals surface area contributed by atoms with Gasteiger partial charge in [-0.1, -0.05) is 44.2 Å². The first-order valence-electron chi connectivity index (χ1n) is 11.9. The molecule has 2 aromatic rings. The summed E-state index contributed by atoms with van der Waals surface area (Å²) in [7, 11) is 0. The Bertz CT molecular complexity index is 886. The average Bonchev–Trinajstić information content (AvgIpc) is 2.79. The van der Waals surface area contributed by atoms with Crippen molar-refractivity contribution >= 4 is 17.6 Å². The summed E-state index contributed by atoms with van der Waals surface area (Å²) >= 11 is 0. The molecule has 5 nitrogen and oxygen atoms in total. The summed E-state index contributed by atoms with van der Waals surface area (Å²) in [5, 5.41) is 3.29. The van der Waals surface area contributed by atoms with E-state index in [9.17, 15) is 9.59 Å². The van der Waals surface area contributed by atoms with Crippen molar-refractivity contribution in [3.8, 4) is 0 Å². The standard InChI is InChI=1S/C27H36N2O3/c1-4-32-27(31)22-14-12-21(13-15-22)19-26(30)28-24(18-20(2)3)23-10-6-7-11-25(23)29-16-8-5-9-17-29/h6-7,10-15,20,24H,4-5,8-9,16-19H2,1-3H3,(H,28,30). The first-order chi connectivity index (χ1) is 15.5. The number of hydrogen-bond acceptors (Lipinski definition) is 4. The maximum atomic E-state index is 13.0. The van der Waals surface area contributed by atoms with Crippen molar-refractivity contribution in [3.63, 3.8) is 0 Å². The van der Waals surface area contributed by atoms with E-state index >= 15 is 0 Å². The van der Waals surface area contributed by atoms with E-state index in [2.05, 4.69) is 48.3 Å². The molecule has 1 fully saturated rings. The van der Waals surface area contributed by atoms with Crippen LogP contribution < -0.4 is 10.2 Å². The largest absolute Gasteiger partial charge is 0.462 e. The Morgan fingerprint density at radius 1 is 1.00 bits per heavy atom. The number of carbonyl (C=O) groups is 2. The van der Waals surface area contributed by atoms with Gasteiger partial charge in [0.25, 0.3) is 0 Å². The lowest BCUT2D eigenvalue weighted by Crippen LogP contribution is -2.34. The number of carbonyl (C=O) groups excluding carboxylic acids is 2. The SMILES string of the molecule is CCOC(=O)c1ccc(CC(=O)NC(CC(C)C)c2ccccc2N2CCCCC2)cc1. The van der Waals surface area contributed by atoms with E-state index in [0.717, 1.165) is 25.1 Å². The Hall–Kier alpha value is -2.82. The molecular weight excluding hydrogens is 400 g/mol. The van der Waals surface area contributed by atoms with Crippen LogP contribution in [0.1, 0.15) is 74.0 Å².